The lowest BCUT2D eigenvalue weighted by atomic mass is 10.1. The van der Waals surface area contributed by atoms with Crippen LogP contribution in [0.3, 0.4) is 0 Å². The second-order valence-electron chi connectivity index (χ2n) is 6.50. The number of aromatic nitrogens is 3. The topological polar surface area (TPSA) is 124 Å². The number of hydrogen-bond donors (Lipinski definition) is 3. The Bertz CT molecular complexity index is 1060. The Morgan fingerprint density at radius 3 is 2.62 bits per heavy atom. The van der Waals surface area contributed by atoms with Crippen molar-refractivity contribution in [2.75, 3.05) is 23.5 Å². The molecular formula is C20H22N6O3. The van der Waals surface area contributed by atoms with Crippen LogP contribution in [0.5, 0.6) is 5.75 Å². The molecule has 0 aliphatic carbocycles. The highest BCUT2D eigenvalue weighted by atomic mass is 16.5. The molecule has 0 saturated heterocycles. The number of nitrogen functional groups attached to an aromatic ring is 1. The second-order valence-corrected chi connectivity index (χ2v) is 6.50. The number of aryl methyl sites for hydroxylation is 2. The van der Waals surface area contributed by atoms with Crippen LogP contribution in [0.1, 0.15) is 21.6 Å². The molecule has 9 heteroatoms. The van der Waals surface area contributed by atoms with Crippen LogP contribution in [0.25, 0.3) is 0 Å². The fourth-order valence-corrected chi connectivity index (χ4v) is 2.72. The van der Waals surface area contributed by atoms with Crippen LogP contribution in [-0.2, 0) is 11.3 Å². The molecule has 0 radical (unpaired) electrons. The standard InChI is InChI=1S/C20H22N6O3/c1-12-8-9-13(2)15(10-12)23-20(28)18-19(21)26(25-24-18)11-17(27)22-14-6-4-5-7-16(14)29-3/h4-10H,11,21H2,1-3H3,(H,22,27)(H,23,28). The predicted molar refractivity (Wildman–Crippen MR) is 110 cm³/mol. The lowest BCUT2D eigenvalue weighted by Gasteiger charge is -2.10. The van der Waals surface area contributed by atoms with Crippen LogP contribution >= 0.6 is 0 Å². The maximum absolute atomic E-state index is 12.5. The first-order chi connectivity index (χ1) is 13.9. The lowest BCUT2D eigenvalue weighted by molar-refractivity contribution is -0.116. The number of amides is 2. The van der Waals surface area contributed by atoms with Gasteiger partial charge in [0.25, 0.3) is 5.91 Å². The fraction of sp³-hybridized carbons (Fsp3) is 0.200. The number of anilines is 3. The van der Waals surface area contributed by atoms with Crippen LogP contribution < -0.4 is 21.1 Å². The van der Waals surface area contributed by atoms with Crippen molar-refractivity contribution < 1.29 is 14.3 Å². The Labute approximate surface area is 167 Å². The summed E-state index contributed by atoms with van der Waals surface area (Å²) < 4.78 is 6.37. The van der Waals surface area contributed by atoms with Crippen LogP contribution in [0.4, 0.5) is 17.2 Å². The van der Waals surface area contributed by atoms with Gasteiger partial charge in [-0.15, -0.1) is 5.10 Å². The largest absolute Gasteiger partial charge is 0.495 e. The number of nitrogens with one attached hydrogen (secondary N) is 2. The van der Waals surface area contributed by atoms with E-state index in [-0.39, 0.29) is 24.0 Å². The number of rotatable bonds is 6. The van der Waals surface area contributed by atoms with Gasteiger partial charge in [-0.1, -0.05) is 29.5 Å². The van der Waals surface area contributed by atoms with E-state index in [1.807, 2.05) is 32.0 Å². The molecule has 2 aromatic carbocycles. The van der Waals surface area contributed by atoms with E-state index in [4.69, 9.17) is 10.5 Å². The Hall–Kier alpha value is -3.88. The quantitative estimate of drug-likeness (QED) is 0.590. The third-order valence-corrected chi connectivity index (χ3v) is 4.30. The summed E-state index contributed by atoms with van der Waals surface area (Å²) in [6.07, 6.45) is 0. The van der Waals surface area contributed by atoms with Crippen molar-refractivity contribution in [2.24, 2.45) is 0 Å². The number of para-hydroxylation sites is 2. The van der Waals surface area contributed by atoms with Gasteiger partial charge in [0, 0.05) is 5.69 Å². The monoisotopic (exact) mass is 394 g/mol. The summed E-state index contributed by atoms with van der Waals surface area (Å²) in [5.41, 5.74) is 9.05. The molecule has 0 fully saturated rings. The highest BCUT2D eigenvalue weighted by Crippen LogP contribution is 2.23. The Morgan fingerprint density at radius 2 is 1.86 bits per heavy atom. The highest BCUT2D eigenvalue weighted by molar-refractivity contribution is 6.06. The van der Waals surface area contributed by atoms with Gasteiger partial charge in [-0.2, -0.15) is 0 Å². The van der Waals surface area contributed by atoms with E-state index < -0.39 is 5.91 Å². The number of ether oxygens (including phenoxy) is 1. The summed E-state index contributed by atoms with van der Waals surface area (Å²) in [5.74, 6) is -0.343. The smallest absolute Gasteiger partial charge is 0.280 e. The molecule has 0 saturated carbocycles. The number of hydrogen-bond acceptors (Lipinski definition) is 6. The van der Waals surface area contributed by atoms with E-state index in [2.05, 4.69) is 20.9 Å². The molecule has 0 aliphatic rings. The molecule has 3 rings (SSSR count). The van der Waals surface area contributed by atoms with Crippen molar-refractivity contribution in [3.05, 3.63) is 59.3 Å². The first kappa shape index (κ1) is 19.9. The first-order valence-corrected chi connectivity index (χ1v) is 8.89. The Balaban J connectivity index is 1.71. The van der Waals surface area contributed by atoms with Crippen molar-refractivity contribution in [3.8, 4) is 5.75 Å². The average molecular weight is 394 g/mol. The van der Waals surface area contributed by atoms with Gasteiger partial charge in [-0.3, -0.25) is 9.59 Å². The van der Waals surface area contributed by atoms with Gasteiger partial charge in [0.1, 0.15) is 12.3 Å². The van der Waals surface area contributed by atoms with Crippen molar-refractivity contribution in [2.45, 2.75) is 20.4 Å². The normalized spacial score (nSPS) is 10.4. The zero-order valence-electron chi connectivity index (χ0n) is 16.4. The summed E-state index contributed by atoms with van der Waals surface area (Å²) in [7, 11) is 1.52. The zero-order chi connectivity index (χ0) is 21.0. The summed E-state index contributed by atoms with van der Waals surface area (Å²) >= 11 is 0. The third-order valence-electron chi connectivity index (χ3n) is 4.30. The van der Waals surface area contributed by atoms with Gasteiger partial charge >= 0.3 is 0 Å². The molecule has 9 nitrogen and oxygen atoms in total. The summed E-state index contributed by atoms with van der Waals surface area (Å²) in [5, 5.41) is 13.2. The molecule has 29 heavy (non-hydrogen) atoms. The van der Waals surface area contributed by atoms with E-state index in [1.54, 1.807) is 24.3 Å². The number of nitrogens with zero attached hydrogens (tertiary/aromatic N) is 3. The molecule has 0 unspecified atom stereocenters. The van der Waals surface area contributed by atoms with Crippen LogP contribution in [0.15, 0.2) is 42.5 Å². The van der Waals surface area contributed by atoms with E-state index >= 15 is 0 Å². The molecule has 1 aromatic heterocycles. The van der Waals surface area contributed by atoms with Gasteiger partial charge in [0.2, 0.25) is 5.91 Å². The predicted octanol–water partition coefficient (Wildman–Crippen LogP) is 2.38. The van der Waals surface area contributed by atoms with Crippen LogP contribution in [-0.4, -0.2) is 33.9 Å². The number of nitrogens with two attached hydrogens (primary N) is 1. The first-order valence-electron chi connectivity index (χ1n) is 8.89. The summed E-state index contributed by atoms with van der Waals surface area (Å²) in [6, 6.07) is 12.7. The lowest BCUT2D eigenvalue weighted by Crippen LogP contribution is -2.21. The third kappa shape index (κ3) is 4.52. The minimum Gasteiger partial charge on any atom is -0.495 e. The fourth-order valence-electron chi connectivity index (χ4n) is 2.72. The van der Waals surface area contributed by atoms with E-state index in [9.17, 15) is 9.59 Å². The zero-order valence-corrected chi connectivity index (χ0v) is 16.4. The van der Waals surface area contributed by atoms with Gasteiger partial charge in [0.15, 0.2) is 11.5 Å². The summed E-state index contributed by atoms with van der Waals surface area (Å²) in [6.45, 7) is 3.62. The Morgan fingerprint density at radius 1 is 1.10 bits per heavy atom. The van der Waals surface area contributed by atoms with Crippen molar-refractivity contribution in [1.82, 2.24) is 15.0 Å². The molecule has 2 amide bonds. The minimum absolute atomic E-state index is 0.00276. The molecule has 3 aromatic rings. The van der Waals surface area contributed by atoms with Crippen LogP contribution in [0, 0.1) is 13.8 Å². The van der Waals surface area contributed by atoms with Crippen molar-refractivity contribution >= 4 is 29.0 Å². The van der Waals surface area contributed by atoms with Crippen LogP contribution in [0.2, 0.25) is 0 Å². The molecule has 4 N–H and O–H groups in total. The van der Waals surface area contributed by atoms with Crippen molar-refractivity contribution in [1.29, 1.82) is 0 Å². The van der Waals surface area contributed by atoms with E-state index in [0.29, 0.717) is 17.1 Å². The molecule has 0 atom stereocenters. The molecule has 150 valence electrons. The molecule has 0 aliphatic heterocycles. The molecule has 0 bridgehead atoms. The average Bonchev–Trinajstić information content (AvgIpc) is 3.05. The van der Waals surface area contributed by atoms with Gasteiger partial charge < -0.3 is 21.1 Å². The van der Waals surface area contributed by atoms with E-state index in [0.717, 1.165) is 11.1 Å². The number of carbonyl (C=O) groups excluding carboxylic acids is 2. The minimum atomic E-state index is -0.493. The Kier molecular flexibility index (Phi) is 5.77. The maximum atomic E-state index is 12.5. The van der Waals surface area contributed by atoms with Gasteiger partial charge in [0.05, 0.1) is 12.8 Å². The number of methoxy groups -OCH3 is 1. The maximum Gasteiger partial charge on any atom is 0.280 e. The van der Waals surface area contributed by atoms with E-state index in [1.165, 1.54) is 11.8 Å². The second kappa shape index (κ2) is 8.42. The van der Waals surface area contributed by atoms with Gasteiger partial charge in [-0.05, 0) is 43.2 Å². The molecular weight excluding hydrogens is 372 g/mol. The number of carbonyl (C=O) groups is 2. The SMILES string of the molecule is COc1ccccc1NC(=O)Cn1nnc(C(=O)Nc2cc(C)ccc2C)c1N. The number of benzene rings is 2. The highest BCUT2D eigenvalue weighted by Gasteiger charge is 2.20. The molecule has 0 spiro atoms. The van der Waals surface area contributed by atoms with Gasteiger partial charge in [-0.25, -0.2) is 4.68 Å². The summed E-state index contributed by atoms with van der Waals surface area (Å²) in [4.78, 5) is 24.9. The van der Waals surface area contributed by atoms with Crippen molar-refractivity contribution in [3.63, 3.8) is 0 Å². The molecule has 1 heterocycles.